The molecule has 0 aliphatic carbocycles. The largest absolute Gasteiger partial charge is 0.496 e. The molecule has 0 spiro atoms. The molecule has 2 atom stereocenters. The maximum Gasteiger partial charge on any atom is 0.496 e. The molecule has 12 aromatic rings. The molecule has 700 valence electrons. The molecule has 132 heavy (non-hydrogen) atoms. The van der Waals surface area contributed by atoms with Crippen molar-refractivity contribution in [2.75, 3.05) is 58.9 Å². The summed E-state index contributed by atoms with van der Waals surface area (Å²) in [7, 11) is -10.4. The number of aromatic carboxylic acids is 1. The van der Waals surface area contributed by atoms with E-state index in [1.165, 1.54) is 79.2 Å². The van der Waals surface area contributed by atoms with E-state index in [2.05, 4.69) is 128 Å². The third kappa shape index (κ3) is 24.0. The molecule has 3 fully saturated rings. The smallest absolute Gasteiger partial charge is 0.475 e. The molecule has 15 rings (SSSR count). The molecule has 3 aliphatic rings. The number of rotatable bonds is 26. The number of benzene rings is 3. The number of carbonyl (C=O) groups excluding carboxylic acids is 5. The number of carbonyl (C=O) groups is 6. The van der Waals surface area contributed by atoms with Gasteiger partial charge in [-0.25, -0.2) is 120 Å². The fraction of sp³-hybridized carbons (Fsp3) is 0.333. The summed E-state index contributed by atoms with van der Waals surface area (Å²) in [5, 5.41) is 25.0. The minimum Gasteiger partial charge on any atom is -0.475 e. The Bertz CT molecular complexity index is 6680. The van der Waals surface area contributed by atoms with Gasteiger partial charge in [-0.3, -0.25) is 33.6 Å². The Morgan fingerprint density at radius 2 is 0.879 bits per heavy atom. The van der Waals surface area contributed by atoms with E-state index in [1.807, 2.05) is 41.9 Å². The van der Waals surface area contributed by atoms with E-state index < -0.39 is 171 Å². The first-order chi connectivity index (χ1) is 62.2. The van der Waals surface area contributed by atoms with Gasteiger partial charge in [0, 0.05) is 134 Å². The van der Waals surface area contributed by atoms with Crippen molar-refractivity contribution in [2.24, 2.45) is 0 Å². The van der Waals surface area contributed by atoms with Crippen molar-refractivity contribution in [3.63, 3.8) is 0 Å². The summed E-state index contributed by atoms with van der Waals surface area (Å²) in [6.45, 7) is 13.4. The van der Waals surface area contributed by atoms with E-state index in [0.717, 1.165) is 66.6 Å². The lowest BCUT2D eigenvalue weighted by molar-refractivity contribution is -0.0372. The van der Waals surface area contributed by atoms with Crippen molar-refractivity contribution in [3.8, 4) is 22.3 Å². The average molecular weight is 2290 g/mol. The highest BCUT2D eigenvalue weighted by atomic mass is 128. The van der Waals surface area contributed by atoms with Crippen LogP contribution in [0.5, 0.6) is 0 Å². The number of methoxy groups -OCH3 is 2. The topological polar surface area (TPSA) is 497 Å². The number of hydrogen-bond acceptors (Lipinski definition) is 30. The first-order valence-corrected chi connectivity index (χ1v) is 51.7. The molecule has 5 N–H and O–H groups in total. The first kappa shape index (κ1) is 104. The second kappa shape index (κ2) is 44.6. The Balaban J connectivity index is 0.000000192. The number of pyridine rings is 3. The Kier molecular flexibility index (Phi) is 35.0. The van der Waals surface area contributed by atoms with Gasteiger partial charge in [0.05, 0.1) is 80.0 Å². The number of anilines is 3. The lowest BCUT2D eigenvalue weighted by atomic mass is 9.80. The summed E-state index contributed by atoms with van der Waals surface area (Å²) in [6, 6.07) is 9.98. The second-order valence-electron chi connectivity index (χ2n) is 30.0. The molecule has 0 saturated carbocycles. The van der Waals surface area contributed by atoms with E-state index in [0.29, 0.717) is 64.8 Å². The lowest BCUT2D eigenvalue weighted by Gasteiger charge is -2.32. The standard InChI is InChI=1S/C27H33BF2N4O6S.C27H26F2N6O6S.C21H16F2N6O5S.C6H5BrN2O2.I2.HI/c1-6-13-41(36,37)33-23-19(29)11-10-17(21(23)30)24(35)22-18-14-16(28-39-26(2,3)27(4,5)40-28)15-31-25(18)34(32-22)20-9-7-8-12-38-20;1-3-10-42(38,39)34-23-19(28)8-7-17(21(23)29)24(36)22-18-11-15(16-13-30-25(31-14-16)27(37)40-2)12-32-26(18)35(33-22)20-6-4-5-9-41-20;1-2-5-35(33,34)29-17-14(22)4-3-12(15(17)23)18(30)16-13-6-10(7-24-19(13)28-27-16)11-8-25-20(21(31)32)26-9-11;1-11-6(10)5-8-2-4(7)3-9-5;1-2;/h10-11,14-15,20,33H,6-9,12-13H2,1-5H3;7-8,11-14,20,34H,3-6,9-10H2,1-2H3;3-4,6-9,29H,2,5H2,1H3,(H,31,32)(H,24,27,28);2-3H,1H3;;1H. The number of sulfonamides is 3. The number of ketones is 3. The van der Waals surface area contributed by atoms with Crippen LogP contribution in [0.15, 0.2) is 115 Å². The summed E-state index contributed by atoms with van der Waals surface area (Å²) in [6.07, 6.45) is 17.1. The molecule has 51 heteroatoms. The van der Waals surface area contributed by atoms with Crippen LogP contribution in [0, 0.1) is 34.9 Å². The summed E-state index contributed by atoms with van der Waals surface area (Å²) in [5.41, 5.74) is -3.31. The number of nitrogens with zero attached hydrogens (tertiary/aromatic N) is 14. The maximum absolute atomic E-state index is 15.6. The molecule has 12 heterocycles. The number of carboxylic acids is 1. The number of H-pyrrole nitrogens is 1. The zero-order chi connectivity index (χ0) is 95.4. The zero-order valence-electron chi connectivity index (χ0n) is 71.1. The van der Waals surface area contributed by atoms with Crippen LogP contribution in [-0.4, -0.2) is 203 Å². The van der Waals surface area contributed by atoms with Crippen LogP contribution >= 0.6 is 77.1 Å². The maximum atomic E-state index is 15.6. The summed E-state index contributed by atoms with van der Waals surface area (Å²) in [4.78, 5) is 110. The highest BCUT2D eigenvalue weighted by Gasteiger charge is 2.52. The lowest BCUT2D eigenvalue weighted by Crippen LogP contribution is -2.41. The second-order valence-corrected chi connectivity index (χ2v) is 36.4. The average Bonchev–Trinajstić information content (AvgIpc) is 1.62. The molecular formula is C81H81BBrF6I3N18O19S3. The monoisotopic (exact) mass is 2290 g/mol. The van der Waals surface area contributed by atoms with E-state index in [-0.39, 0.29) is 111 Å². The molecule has 3 saturated heterocycles. The molecule has 37 nitrogen and oxygen atoms in total. The van der Waals surface area contributed by atoms with Crippen molar-refractivity contribution in [2.45, 2.75) is 130 Å². The van der Waals surface area contributed by atoms with Gasteiger partial charge in [-0.2, -0.15) is 15.3 Å². The van der Waals surface area contributed by atoms with Gasteiger partial charge in [0.2, 0.25) is 64.9 Å². The van der Waals surface area contributed by atoms with Crippen LogP contribution < -0.4 is 19.6 Å². The Hall–Kier alpha value is -10.4. The van der Waals surface area contributed by atoms with Crippen LogP contribution in [0.1, 0.15) is 199 Å². The summed E-state index contributed by atoms with van der Waals surface area (Å²) < 4.78 is 205. The van der Waals surface area contributed by atoms with Crippen molar-refractivity contribution < 1.29 is 114 Å². The number of ether oxygens (including phenoxy) is 4. The normalized spacial score (nSPS) is 15.2. The van der Waals surface area contributed by atoms with Crippen LogP contribution in [0.3, 0.4) is 0 Å². The predicted octanol–water partition coefficient (Wildman–Crippen LogP) is 14.3. The number of nitrogens with one attached hydrogen (secondary N) is 4. The highest BCUT2D eigenvalue weighted by molar-refractivity contribution is 15.0. The highest BCUT2D eigenvalue weighted by Crippen LogP contribution is 2.39. The zero-order valence-corrected chi connectivity index (χ0v) is 81.8. The van der Waals surface area contributed by atoms with Crippen LogP contribution in [-0.2, 0) is 58.3 Å². The number of aromatic nitrogens is 15. The quantitative estimate of drug-likeness (QED) is 0.0110. The van der Waals surface area contributed by atoms with Crippen molar-refractivity contribution >= 4 is 205 Å². The third-order valence-electron chi connectivity index (χ3n) is 20.3. The van der Waals surface area contributed by atoms with Gasteiger partial charge >= 0.3 is 25.0 Å². The van der Waals surface area contributed by atoms with Gasteiger partial charge in [0.15, 0.2) is 46.8 Å². The first-order valence-electron chi connectivity index (χ1n) is 39.7. The number of esters is 2. The van der Waals surface area contributed by atoms with Gasteiger partial charge in [-0.05, 0) is 156 Å². The van der Waals surface area contributed by atoms with Gasteiger partial charge in [0.1, 0.15) is 51.6 Å². The van der Waals surface area contributed by atoms with Crippen LogP contribution in [0.4, 0.5) is 43.4 Å². The molecule has 3 aliphatic heterocycles. The predicted molar refractivity (Wildman–Crippen MR) is 500 cm³/mol. The van der Waals surface area contributed by atoms with Crippen molar-refractivity contribution in [1.29, 1.82) is 0 Å². The number of carboxylic acid groups (broad SMARTS) is 1. The molecule has 0 radical (unpaired) electrons. The molecule has 2 unspecified atom stereocenters. The number of aromatic amines is 1. The summed E-state index contributed by atoms with van der Waals surface area (Å²) >= 11 is 7.38. The third-order valence-corrected chi connectivity index (χ3v) is 25.1. The van der Waals surface area contributed by atoms with Gasteiger partial charge in [-0.1, -0.05) is 20.8 Å². The summed E-state index contributed by atoms with van der Waals surface area (Å²) in [5.74, 6) is -14.4. The molecule has 9 aromatic heterocycles. The van der Waals surface area contributed by atoms with Gasteiger partial charge < -0.3 is 33.4 Å². The number of halogens is 10. The van der Waals surface area contributed by atoms with Crippen LogP contribution in [0.25, 0.3) is 55.4 Å². The van der Waals surface area contributed by atoms with Crippen molar-refractivity contribution in [1.82, 2.24) is 74.6 Å². The van der Waals surface area contributed by atoms with E-state index >= 15 is 13.2 Å². The fourth-order valence-corrected chi connectivity index (χ4v) is 16.8. The number of fused-ring (bicyclic) bond motifs is 3. The van der Waals surface area contributed by atoms with Crippen molar-refractivity contribution in [3.05, 3.63) is 201 Å². The van der Waals surface area contributed by atoms with Crippen LogP contribution in [0.2, 0.25) is 0 Å². The van der Waals surface area contributed by atoms with Gasteiger partial charge in [-0.15, -0.1) is 24.0 Å². The Morgan fingerprint density at radius 1 is 0.515 bits per heavy atom. The molecule has 0 amide bonds. The number of hydrogen-bond donors (Lipinski definition) is 5. The van der Waals surface area contributed by atoms with E-state index in [4.69, 9.17) is 23.9 Å². The van der Waals surface area contributed by atoms with E-state index in [1.54, 1.807) is 39.1 Å². The van der Waals surface area contributed by atoms with Gasteiger partial charge in [0.25, 0.3) is 0 Å². The minimum absolute atomic E-state index is 0. The SMILES string of the molecule is CCCS(=O)(=O)Nc1c(F)ccc(C(=O)c2[nH]nc3ncc(-c4cnc(C(=O)O)nc4)cc23)c1F.CCCS(=O)(=O)Nc1c(F)ccc(C(=O)c2nn(C3CCCCO3)c3ncc(-c4cnc(C(=O)OC)nc4)cc23)c1F.CCCS(=O)(=O)Nc1c(F)ccc(C(=O)c2nn(C3CCCCO3)c3ncc(B4OC(C)(C)C(C)(C)O4)cc23)c1F.COC(=O)c1ncc(Br)cn1.I.II. The minimum atomic E-state index is -4.06. The van der Waals surface area contributed by atoms with E-state index in [9.17, 15) is 67.2 Å². The molecule has 0 bridgehead atoms. The fourth-order valence-electron chi connectivity index (χ4n) is 13.2. The molecular weight excluding hydrogens is 2210 g/mol. The molecule has 3 aromatic carbocycles. The Labute approximate surface area is 798 Å². The Morgan fingerprint density at radius 3 is 1.27 bits per heavy atom.